The highest BCUT2D eigenvalue weighted by Crippen LogP contribution is 2.28. The summed E-state index contributed by atoms with van der Waals surface area (Å²) in [6.45, 7) is 1.68. The molecular weight excluding hydrogens is 127 g/mol. The van der Waals surface area contributed by atoms with Crippen LogP contribution < -0.4 is 0 Å². The van der Waals surface area contributed by atoms with E-state index in [1.165, 1.54) is 0 Å². The van der Waals surface area contributed by atoms with Gasteiger partial charge in [0.2, 0.25) is 0 Å². The quantitative estimate of drug-likeness (QED) is 0.476. The zero-order valence-electron chi connectivity index (χ0n) is 4.54. The Morgan fingerprint density at radius 3 is 2.50 bits per heavy atom. The summed E-state index contributed by atoms with van der Waals surface area (Å²) >= 11 is 5.52. The molecule has 2 heteroatoms. The van der Waals surface area contributed by atoms with Gasteiger partial charge in [0.05, 0.1) is 0 Å². The first kappa shape index (κ1) is 5.83. The van der Waals surface area contributed by atoms with Gasteiger partial charge in [0.25, 0.3) is 0 Å². The summed E-state index contributed by atoms with van der Waals surface area (Å²) in [5.41, 5.74) is 0.590. The fraction of sp³-hybridized carbons (Fsp3) is 0.333. The van der Waals surface area contributed by atoms with E-state index in [4.69, 9.17) is 11.6 Å². The summed E-state index contributed by atoms with van der Waals surface area (Å²) in [6.07, 6.45) is 2.05. The number of hydrogen-bond donors (Lipinski definition) is 0. The van der Waals surface area contributed by atoms with E-state index in [1.54, 1.807) is 13.0 Å². The van der Waals surface area contributed by atoms with E-state index >= 15 is 0 Å². The van der Waals surface area contributed by atoms with Crippen LogP contribution in [-0.4, -0.2) is 0 Å². The minimum atomic E-state index is -0.102. The Balaban J connectivity index is 2.88. The van der Waals surface area contributed by atoms with E-state index in [0.29, 0.717) is 17.0 Å². The first-order valence-electron chi connectivity index (χ1n) is 2.43. The first-order valence-corrected chi connectivity index (χ1v) is 2.81. The zero-order valence-corrected chi connectivity index (χ0v) is 5.30. The molecule has 1 rings (SSSR count). The lowest BCUT2D eigenvalue weighted by atomic mass is 10.3. The van der Waals surface area contributed by atoms with Crippen molar-refractivity contribution in [3.63, 3.8) is 0 Å². The maximum absolute atomic E-state index is 12.3. The molecule has 0 aromatic carbocycles. The molecule has 0 atom stereocenters. The van der Waals surface area contributed by atoms with Gasteiger partial charge in [-0.1, -0.05) is 17.7 Å². The summed E-state index contributed by atoms with van der Waals surface area (Å²) in [7, 11) is 0. The smallest absolute Gasteiger partial charge is 0.108 e. The van der Waals surface area contributed by atoms with Crippen LogP contribution in [0.4, 0.5) is 4.39 Å². The topological polar surface area (TPSA) is 0 Å². The van der Waals surface area contributed by atoms with E-state index in [2.05, 4.69) is 0 Å². The van der Waals surface area contributed by atoms with E-state index in [9.17, 15) is 4.39 Å². The van der Waals surface area contributed by atoms with Gasteiger partial charge in [-0.05, 0) is 12.5 Å². The van der Waals surface area contributed by atoms with Crippen molar-refractivity contribution in [3.8, 4) is 0 Å². The largest absolute Gasteiger partial charge is 0.211 e. The molecule has 0 aliphatic heterocycles. The summed E-state index contributed by atoms with van der Waals surface area (Å²) in [4.78, 5) is 0. The van der Waals surface area contributed by atoms with Crippen LogP contribution in [0.3, 0.4) is 0 Å². The molecule has 8 heavy (non-hydrogen) atoms. The fourth-order valence-electron chi connectivity index (χ4n) is 0.615. The Bertz CT molecular complexity index is 162. The molecule has 0 nitrogen and oxygen atoms in total. The van der Waals surface area contributed by atoms with Gasteiger partial charge in [-0.25, -0.2) is 4.39 Å². The number of halogens is 2. The van der Waals surface area contributed by atoms with E-state index in [-0.39, 0.29) is 5.83 Å². The molecule has 1 aliphatic carbocycles. The van der Waals surface area contributed by atoms with Crippen LogP contribution in [0.25, 0.3) is 0 Å². The van der Waals surface area contributed by atoms with Crippen molar-refractivity contribution in [2.24, 2.45) is 0 Å². The Morgan fingerprint density at radius 1 is 1.75 bits per heavy atom. The van der Waals surface area contributed by atoms with Crippen molar-refractivity contribution in [1.82, 2.24) is 0 Å². The molecule has 0 bridgehead atoms. The summed E-state index contributed by atoms with van der Waals surface area (Å²) in [5.74, 6) is -0.102. The van der Waals surface area contributed by atoms with Crippen molar-refractivity contribution in [3.05, 3.63) is 22.5 Å². The Morgan fingerprint density at radius 2 is 2.38 bits per heavy atom. The van der Waals surface area contributed by atoms with Gasteiger partial charge in [-0.15, -0.1) is 0 Å². The molecule has 0 radical (unpaired) electrons. The van der Waals surface area contributed by atoms with Gasteiger partial charge in [0.15, 0.2) is 0 Å². The zero-order chi connectivity index (χ0) is 6.15. The Kier molecular flexibility index (Phi) is 1.39. The molecule has 0 spiro atoms. The monoisotopic (exact) mass is 132 g/mol. The standard InChI is InChI=1S/C6H6ClF/c1-4-5(7)2-3-6(4)8/h2H,3H2,1H3. The van der Waals surface area contributed by atoms with Gasteiger partial charge >= 0.3 is 0 Å². The van der Waals surface area contributed by atoms with E-state index in [0.717, 1.165) is 0 Å². The van der Waals surface area contributed by atoms with Crippen molar-refractivity contribution < 1.29 is 4.39 Å². The van der Waals surface area contributed by atoms with Crippen LogP contribution in [0, 0.1) is 0 Å². The molecule has 0 saturated heterocycles. The van der Waals surface area contributed by atoms with Crippen LogP contribution in [0.5, 0.6) is 0 Å². The summed E-state index contributed by atoms with van der Waals surface area (Å²) < 4.78 is 12.3. The molecule has 0 aromatic rings. The second kappa shape index (κ2) is 1.90. The van der Waals surface area contributed by atoms with Crippen LogP contribution in [0.15, 0.2) is 22.5 Å². The number of allylic oxidation sites excluding steroid dienone is 4. The van der Waals surface area contributed by atoms with Gasteiger partial charge in [0.1, 0.15) is 5.83 Å². The third-order valence-electron chi connectivity index (χ3n) is 1.23. The Labute approximate surface area is 52.6 Å². The lowest BCUT2D eigenvalue weighted by Gasteiger charge is -1.87. The van der Waals surface area contributed by atoms with Gasteiger partial charge < -0.3 is 0 Å². The molecular formula is C6H6ClF. The van der Waals surface area contributed by atoms with Gasteiger partial charge in [-0.3, -0.25) is 0 Å². The normalized spacial score (nSPS) is 19.6. The highest BCUT2D eigenvalue weighted by Gasteiger charge is 2.09. The summed E-state index contributed by atoms with van der Waals surface area (Å²) in [5, 5.41) is 0.558. The number of hydrogen-bond acceptors (Lipinski definition) is 0. The van der Waals surface area contributed by atoms with Gasteiger partial charge in [0, 0.05) is 11.5 Å². The minimum Gasteiger partial charge on any atom is -0.211 e. The third-order valence-corrected chi connectivity index (χ3v) is 1.66. The van der Waals surface area contributed by atoms with Crippen LogP contribution in [0.2, 0.25) is 0 Å². The average molecular weight is 133 g/mol. The molecule has 0 amide bonds. The molecule has 1 aliphatic rings. The maximum atomic E-state index is 12.3. The minimum absolute atomic E-state index is 0.102. The highest BCUT2D eigenvalue weighted by molar-refractivity contribution is 6.32. The maximum Gasteiger partial charge on any atom is 0.108 e. The van der Waals surface area contributed by atoms with Crippen LogP contribution >= 0.6 is 11.6 Å². The molecule has 44 valence electrons. The predicted molar refractivity (Wildman–Crippen MR) is 32.4 cm³/mol. The number of rotatable bonds is 0. The Hall–Kier alpha value is -0.300. The van der Waals surface area contributed by atoms with Crippen molar-refractivity contribution in [1.29, 1.82) is 0 Å². The van der Waals surface area contributed by atoms with Crippen LogP contribution in [0.1, 0.15) is 13.3 Å². The molecule has 0 saturated carbocycles. The fourth-order valence-corrected chi connectivity index (χ4v) is 0.795. The molecule has 0 N–H and O–H groups in total. The van der Waals surface area contributed by atoms with Crippen molar-refractivity contribution >= 4 is 11.6 Å². The first-order chi connectivity index (χ1) is 3.72. The SMILES string of the molecule is CC1=C(F)CC=C1Cl. The van der Waals surface area contributed by atoms with E-state index < -0.39 is 0 Å². The van der Waals surface area contributed by atoms with Crippen LogP contribution in [-0.2, 0) is 0 Å². The second-order valence-electron chi connectivity index (χ2n) is 1.79. The van der Waals surface area contributed by atoms with E-state index in [1.807, 2.05) is 0 Å². The highest BCUT2D eigenvalue weighted by atomic mass is 35.5. The third kappa shape index (κ3) is 0.781. The van der Waals surface area contributed by atoms with Crippen molar-refractivity contribution in [2.45, 2.75) is 13.3 Å². The lowest BCUT2D eigenvalue weighted by molar-refractivity contribution is 0.616. The van der Waals surface area contributed by atoms with Crippen molar-refractivity contribution in [2.75, 3.05) is 0 Å². The lowest BCUT2D eigenvalue weighted by Crippen LogP contribution is -1.69. The summed E-state index contributed by atoms with van der Waals surface area (Å²) in [6, 6.07) is 0. The molecule has 0 aromatic heterocycles. The molecule has 0 fully saturated rings. The average Bonchev–Trinajstić information content (AvgIpc) is 1.98. The predicted octanol–water partition coefficient (Wildman–Crippen LogP) is 2.76. The second-order valence-corrected chi connectivity index (χ2v) is 2.19. The van der Waals surface area contributed by atoms with Gasteiger partial charge in [-0.2, -0.15) is 0 Å². The molecule has 0 unspecified atom stereocenters. The molecule has 0 heterocycles.